The molecule has 0 aliphatic heterocycles. The minimum atomic E-state index is -5.10. The van der Waals surface area contributed by atoms with E-state index in [1.54, 1.807) is 12.1 Å². The van der Waals surface area contributed by atoms with Crippen molar-refractivity contribution >= 4 is 17.7 Å². The first-order valence-electron chi connectivity index (χ1n) is 20.0. The van der Waals surface area contributed by atoms with Crippen molar-refractivity contribution in [1.82, 2.24) is 19.4 Å². The molecule has 1 aliphatic carbocycles. The van der Waals surface area contributed by atoms with Gasteiger partial charge in [0.15, 0.2) is 5.16 Å². The van der Waals surface area contributed by atoms with Crippen LogP contribution in [0.4, 0.5) is 17.6 Å². The number of hydrogen-bond donors (Lipinski definition) is 0. The van der Waals surface area contributed by atoms with E-state index in [0.717, 1.165) is 23.6 Å². The van der Waals surface area contributed by atoms with E-state index >= 15 is 0 Å². The van der Waals surface area contributed by atoms with E-state index in [2.05, 4.69) is 4.98 Å². The van der Waals surface area contributed by atoms with Crippen LogP contribution in [-0.2, 0) is 42.6 Å². The summed E-state index contributed by atoms with van der Waals surface area (Å²) in [6.07, 6.45) is -3.65. The van der Waals surface area contributed by atoms with Crippen LogP contribution >= 0.6 is 11.8 Å². The summed E-state index contributed by atoms with van der Waals surface area (Å²) in [5, 5.41) is 0.161. The van der Waals surface area contributed by atoms with Crippen molar-refractivity contribution in [2.45, 2.75) is 70.2 Å². The second-order valence-corrected chi connectivity index (χ2v) is 12.1. The molecule has 0 saturated heterocycles. The predicted molar refractivity (Wildman–Crippen MR) is 181 cm³/mol. The zero-order valence-corrected chi connectivity index (χ0v) is 27.5. The first kappa shape index (κ1) is 25.1. The third-order valence-corrected chi connectivity index (χ3v) is 9.06. The number of rotatable bonds is 13. The van der Waals surface area contributed by atoms with Crippen LogP contribution in [0.25, 0.3) is 11.1 Å². The van der Waals surface area contributed by atoms with Gasteiger partial charge in [0.1, 0.15) is 12.4 Å². The molecular formula is C37H40F4N4O2S. The molecule has 1 amide bonds. The number of likely N-dealkylation sites (N-methyl/N-ethyl adjacent to an activating group) is 1. The molecule has 0 N–H and O–H groups in total. The van der Waals surface area contributed by atoms with Crippen LogP contribution in [0.5, 0.6) is 0 Å². The topological polar surface area (TPSA) is 58.4 Å². The monoisotopic (exact) mass is 689 g/mol. The second kappa shape index (κ2) is 15.5. The van der Waals surface area contributed by atoms with Crippen molar-refractivity contribution in [2.24, 2.45) is 0 Å². The van der Waals surface area contributed by atoms with Crippen molar-refractivity contribution in [2.75, 3.05) is 26.2 Å². The van der Waals surface area contributed by atoms with Crippen LogP contribution in [0.2, 0.25) is 0 Å². The molecule has 11 heteroatoms. The average Bonchev–Trinajstić information content (AvgIpc) is 3.65. The highest BCUT2D eigenvalue weighted by molar-refractivity contribution is 7.98. The number of hydrogen-bond acceptors (Lipinski definition) is 5. The zero-order valence-electron chi connectivity index (χ0n) is 35.7. The Hall–Kier alpha value is -3.96. The van der Waals surface area contributed by atoms with E-state index in [1.807, 2.05) is 18.7 Å². The molecule has 0 saturated carbocycles. The van der Waals surface area contributed by atoms with Gasteiger partial charge in [-0.2, -0.15) is 18.2 Å². The summed E-state index contributed by atoms with van der Waals surface area (Å²) in [6, 6.07) is -1.67. The molecule has 6 nitrogen and oxygen atoms in total. The maximum absolute atomic E-state index is 14.5. The molecule has 1 aromatic heterocycles. The number of carbonyl (C=O) groups excluding carboxylic acids is 1. The summed E-state index contributed by atoms with van der Waals surface area (Å²) < 4.78 is 136. The SMILES string of the molecule is [2H]c1c([2H])c(C([2H])([2H])N(CCN(CC)CC)C(=O)Cn2c(SCc3ccc(F)cc3)nc(=O)c3c2CCC3)c([2H])c([2H])c1-c1c([2H])c([2H])c(C(F)(F)F)c(C)c1[2H]. The largest absolute Gasteiger partial charge is 0.416 e. The van der Waals surface area contributed by atoms with Gasteiger partial charge in [-0.1, -0.05) is 74.0 Å². The first-order chi connectivity index (χ1) is 26.7. The number of fused-ring (bicyclic) bond motifs is 1. The molecular weight excluding hydrogens is 640 g/mol. The fourth-order valence-corrected chi connectivity index (χ4v) is 6.34. The van der Waals surface area contributed by atoms with Gasteiger partial charge in [0, 0.05) is 36.6 Å². The Labute approximate surface area is 295 Å². The Bertz CT molecular complexity index is 2210. The summed E-state index contributed by atoms with van der Waals surface area (Å²) in [4.78, 5) is 34.5. The van der Waals surface area contributed by atoms with Gasteiger partial charge in [0.2, 0.25) is 5.91 Å². The lowest BCUT2D eigenvalue weighted by Gasteiger charge is -2.28. The van der Waals surface area contributed by atoms with Crippen molar-refractivity contribution in [1.29, 1.82) is 0 Å². The van der Waals surface area contributed by atoms with E-state index in [4.69, 9.17) is 9.60 Å². The van der Waals surface area contributed by atoms with Crippen LogP contribution in [0.1, 0.15) is 66.1 Å². The molecule has 0 unspecified atom stereocenters. The van der Waals surface area contributed by atoms with E-state index in [0.29, 0.717) is 49.2 Å². The highest BCUT2D eigenvalue weighted by Crippen LogP contribution is 2.34. The van der Waals surface area contributed by atoms with Crippen molar-refractivity contribution in [3.05, 3.63) is 116 Å². The Kier molecular flexibility index (Phi) is 8.10. The highest BCUT2D eigenvalue weighted by atomic mass is 32.2. The minimum Gasteiger partial charge on any atom is -0.336 e. The van der Waals surface area contributed by atoms with E-state index in [-0.39, 0.29) is 24.0 Å². The molecule has 3 aromatic carbocycles. The molecule has 0 bridgehead atoms. The van der Waals surface area contributed by atoms with Gasteiger partial charge < -0.3 is 14.4 Å². The molecule has 4 aromatic rings. The molecule has 1 heterocycles. The van der Waals surface area contributed by atoms with Gasteiger partial charge in [-0.05, 0) is 85.3 Å². The minimum absolute atomic E-state index is 0.132. The van der Waals surface area contributed by atoms with E-state index in [1.165, 1.54) is 16.7 Å². The maximum Gasteiger partial charge on any atom is 0.416 e. The smallest absolute Gasteiger partial charge is 0.336 e. The zero-order chi connectivity index (χ0) is 42.3. The van der Waals surface area contributed by atoms with Gasteiger partial charge in [0.05, 0.1) is 17.9 Å². The Morgan fingerprint density at radius 1 is 1.00 bits per heavy atom. The van der Waals surface area contributed by atoms with Crippen molar-refractivity contribution in [3.8, 4) is 11.1 Å². The molecule has 0 fully saturated rings. The Morgan fingerprint density at radius 3 is 2.35 bits per heavy atom. The summed E-state index contributed by atoms with van der Waals surface area (Å²) in [5.41, 5.74) is -3.49. The predicted octanol–water partition coefficient (Wildman–Crippen LogP) is 7.53. The number of amides is 1. The number of alkyl halides is 3. The number of nitrogens with zero attached hydrogens (tertiary/aromatic N) is 4. The van der Waals surface area contributed by atoms with Crippen LogP contribution in [-0.4, -0.2) is 51.4 Å². The molecule has 5 rings (SSSR count). The van der Waals surface area contributed by atoms with Crippen molar-refractivity contribution < 1.29 is 34.7 Å². The normalized spacial score (nSPS) is 15.8. The van der Waals surface area contributed by atoms with Crippen LogP contribution in [0, 0.1) is 12.7 Å². The second-order valence-electron chi connectivity index (χ2n) is 11.2. The first-order valence-corrected chi connectivity index (χ1v) is 16.5. The lowest BCUT2D eigenvalue weighted by molar-refractivity contribution is -0.138. The summed E-state index contributed by atoms with van der Waals surface area (Å²) in [7, 11) is 0. The number of carbonyl (C=O) groups is 1. The number of halogens is 4. The van der Waals surface area contributed by atoms with Gasteiger partial charge in [-0.15, -0.1) is 0 Å². The summed E-state index contributed by atoms with van der Waals surface area (Å²) in [6.45, 7) is 1.92. The van der Waals surface area contributed by atoms with Crippen molar-refractivity contribution in [3.63, 3.8) is 0 Å². The van der Waals surface area contributed by atoms with Gasteiger partial charge in [0.25, 0.3) is 5.56 Å². The average molecular weight is 690 g/mol. The molecule has 0 spiro atoms. The fraction of sp³-hybridized carbons (Fsp3) is 0.378. The Morgan fingerprint density at radius 2 is 1.69 bits per heavy atom. The fourth-order valence-electron chi connectivity index (χ4n) is 5.37. The molecule has 1 aliphatic rings. The van der Waals surface area contributed by atoms with Gasteiger partial charge in [-0.3, -0.25) is 9.59 Å². The highest BCUT2D eigenvalue weighted by Gasteiger charge is 2.32. The quantitative estimate of drug-likeness (QED) is 0.0826. The molecule has 0 radical (unpaired) electrons. The maximum atomic E-state index is 14.5. The van der Waals surface area contributed by atoms with E-state index in [9.17, 15) is 29.9 Å². The summed E-state index contributed by atoms with van der Waals surface area (Å²) in [5.74, 6) is -1.03. The van der Waals surface area contributed by atoms with Crippen LogP contribution in [0.3, 0.4) is 0 Å². The van der Waals surface area contributed by atoms with Gasteiger partial charge in [-0.25, -0.2) is 4.39 Å². The number of benzene rings is 3. The molecule has 0 atom stereocenters. The number of thioether (sulfide) groups is 1. The molecule has 48 heavy (non-hydrogen) atoms. The standard InChI is InChI=1S/C37H40F4N4O2S/c1-4-43(5-2)19-20-44(22-26-9-13-28(14-10-26)29-15-18-32(25(3)21-29)37(39,40)41)34(46)23-45-33-8-6-7-31(33)35(47)42-36(45)48-24-27-11-16-30(38)17-12-27/h9-18,21H,4-8,19-20,22-24H2,1-3H3/i9D,10D,13D,14D,15D,18D,21D,22D2. The molecule has 254 valence electrons. The van der Waals surface area contributed by atoms with Crippen LogP contribution in [0.15, 0.2) is 76.5 Å². The van der Waals surface area contributed by atoms with Crippen LogP contribution < -0.4 is 5.56 Å². The summed E-state index contributed by atoms with van der Waals surface area (Å²) >= 11 is 1.12. The van der Waals surface area contributed by atoms with Gasteiger partial charge >= 0.3 is 6.18 Å². The third kappa shape index (κ3) is 8.54. The lowest BCUT2D eigenvalue weighted by Crippen LogP contribution is -2.40. The Balaban J connectivity index is 1.63. The third-order valence-electron chi connectivity index (χ3n) is 8.02. The lowest BCUT2D eigenvalue weighted by atomic mass is 9.98. The number of aromatic nitrogens is 2. The van der Waals surface area contributed by atoms with E-state index < -0.39 is 107 Å².